The number of nitrogens with one attached hydrogen (secondary N) is 1. The summed E-state index contributed by atoms with van der Waals surface area (Å²) < 4.78 is 0. The third kappa shape index (κ3) is 1.84. The SMILES string of the molecule is CCC1(C(=O)O)CCCN1.Cl. The number of carboxylic acid groups (broad SMARTS) is 1. The average Bonchev–Trinajstić information content (AvgIpc) is 2.35. The fourth-order valence-electron chi connectivity index (χ4n) is 1.44. The van der Waals surface area contributed by atoms with E-state index in [2.05, 4.69) is 5.32 Å². The Morgan fingerprint density at radius 2 is 2.36 bits per heavy atom. The monoisotopic (exact) mass is 179 g/mol. The van der Waals surface area contributed by atoms with Crippen molar-refractivity contribution in [3.05, 3.63) is 0 Å². The van der Waals surface area contributed by atoms with Crippen LogP contribution in [0.2, 0.25) is 0 Å². The van der Waals surface area contributed by atoms with Gasteiger partial charge in [-0.1, -0.05) is 6.92 Å². The van der Waals surface area contributed by atoms with Gasteiger partial charge in [0.2, 0.25) is 0 Å². The van der Waals surface area contributed by atoms with Crippen LogP contribution in [0.1, 0.15) is 26.2 Å². The molecule has 1 fully saturated rings. The summed E-state index contributed by atoms with van der Waals surface area (Å²) in [4.78, 5) is 10.7. The zero-order chi connectivity index (χ0) is 7.61. The minimum Gasteiger partial charge on any atom is -0.480 e. The maximum atomic E-state index is 10.7. The van der Waals surface area contributed by atoms with Gasteiger partial charge in [-0.25, -0.2) is 0 Å². The quantitative estimate of drug-likeness (QED) is 0.666. The second-order valence-electron chi connectivity index (χ2n) is 2.77. The van der Waals surface area contributed by atoms with Crippen LogP contribution in [-0.2, 0) is 4.79 Å². The molecule has 0 aromatic rings. The molecule has 2 N–H and O–H groups in total. The number of rotatable bonds is 2. The molecular formula is C7H14ClNO2. The van der Waals surface area contributed by atoms with E-state index in [-0.39, 0.29) is 12.4 Å². The van der Waals surface area contributed by atoms with Gasteiger partial charge in [-0.3, -0.25) is 4.79 Å². The Bertz CT molecular complexity index is 143. The average molecular weight is 180 g/mol. The van der Waals surface area contributed by atoms with Crippen LogP contribution in [0.5, 0.6) is 0 Å². The fraction of sp³-hybridized carbons (Fsp3) is 0.857. The van der Waals surface area contributed by atoms with Gasteiger partial charge in [0.05, 0.1) is 0 Å². The van der Waals surface area contributed by atoms with Crippen molar-refractivity contribution in [3.63, 3.8) is 0 Å². The van der Waals surface area contributed by atoms with Crippen molar-refractivity contribution in [2.24, 2.45) is 0 Å². The lowest BCUT2D eigenvalue weighted by Gasteiger charge is -2.21. The Balaban J connectivity index is 0.000001000. The predicted molar refractivity (Wildman–Crippen MR) is 45.1 cm³/mol. The van der Waals surface area contributed by atoms with Crippen LogP contribution in [-0.4, -0.2) is 23.2 Å². The first-order chi connectivity index (χ1) is 4.71. The number of aliphatic carboxylic acids is 1. The minimum atomic E-state index is -0.701. The molecule has 0 amide bonds. The van der Waals surface area contributed by atoms with E-state index in [9.17, 15) is 4.79 Å². The molecule has 1 rings (SSSR count). The molecule has 66 valence electrons. The summed E-state index contributed by atoms with van der Waals surface area (Å²) in [5.74, 6) is -0.701. The normalized spacial score (nSPS) is 29.5. The highest BCUT2D eigenvalue weighted by Crippen LogP contribution is 2.22. The van der Waals surface area contributed by atoms with E-state index < -0.39 is 11.5 Å². The smallest absolute Gasteiger partial charge is 0.323 e. The largest absolute Gasteiger partial charge is 0.480 e. The number of halogens is 1. The van der Waals surface area contributed by atoms with E-state index >= 15 is 0 Å². The van der Waals surface area contributed by atoms with Gasteiger partial charge in [0.15, 0.2) is 0 Å². The molecule has 0 saturated carbocycles. The minimum absolute atomic E-state index is 0. The molecule has 1 atom stereocenters. The topological polar surface area (TPSA) is 49.3 Å². The molecule has 0 aromatic carbocycles. The lowest BCUT2D eigenvalue weighted by Crippen LogP contribution is -2.46. The summed E-state index contributed by atoms with van der Waals surface area (Å²) in [5, 5.41) is 11.8. The van der Waals surface area contributed by atoms with Crippen LogP contribution in [0.4, 0.5) is 0 Å². The lowest BCUT2D eigenvalue weighted by molar-refractivity contribution is -0.144. The second kappa shape index (κ2) is 3.93. The van der Waals surface area contributed by atoms with Crippen LogP contribution in [0.15, 0.2) is 0 Å². The van der Waals surface area contributed by atoms with Gasteiger partial charge < -0.3 is 10.4 Å². The van der Waals surface area contributed by atoms with E-state index in [1.165, 1.54) is 0 Å². The zero-order valence-electron chi connectivity index (χ0n) is 6.59. The third-order valence-electron chi connectivity index (χ3n) is 2.26. The molecule has 1 saturated heterocycles. The van der Waals surface area contributed by atoms with E-state index in [4.69, 9.17) is 5.11 Å². The fourth-order valence-corrected chi connectivity index (χ4v) is 1.44. The van der Waals surface area contributed by atoms with E-state index in [1.807, 2.05) is 6.92 Å². The van der Waals surface area contributed by atoms with E-state index in [0.29, 0.717) is 6.42 Å². The molecule has 0 aliphatic carbocycles. The summed E-state index contributed by atoms with van der Waals surface area (Å²) in [6, 6.07) is 0. The van der Waals surface area contributed by atoms with Crippen molar-refractivity contribution in [1.82, 2.24) is 5.32 Å². The number of carbonyl (C=O) groups is 1. The first-order valence-corrected chi connectivity index (χ1v) is 3.70. The Labute approximate surface area is 72.6 Å². The van der Waals surface area contributed by atoms with Crippen molar-refractivity contribution in [1.29, 1.82) is 0 Å². The van der Waals surface area contributed by atoms with Gasteiger partial charge in [0, 0.05) is 0 Å². The number of carboxylic acids is 1. The van der Waals surface area contributed by atoms with E-state index in [1.54, 1.807) is 0 Å². The molecule has 1 heterocycles. The van der Waals surface area contributed by atoms with Gasteiger partial charge in [0.25, 0.3) is 0 Å². The van der Waals surface area contributed by atoms with Gasteiger partial charge in [-0.2, -0.15) is 0 Å². The Morgan fingerprint density at radius 3 is 2.55 bits per heavy atom. The van der Waals surface area contributed by atoms with Gasteiger partial charge in [0.1, 0.15) is 5.54 Å². The standard InChI is InChI=1S/C7H13NO2.ClH/c1-2-7(6(9)10)4-3-5-8-7;/h8H,2-5H2,1H3,(H,9,10);1H. The highest BCUT2D eigenvalue weighted by atomic mass is 35.5. The Morgan fingerprint density at radius 1 is 1.73 bits per heavy atom. The molecule has 0 aromatic heterocycles. The van der Waals surface area contributed by atoms with Crippen molar-refractivity contribution in [2.75, 3.05) is 6.54 Å². The van der Waals surface area contributed by atoms with Crippen molar-refractivity contribution < 1.29 is 9.90 Å². The molecule has 1 aliphatic heterocycles. The Kier molecular flexibility index (Phi) is 3.83. The molecule has 11 heavy (non-hydrogen) atoms. The molecule has 3 nitrogen and oxygen atoms in total. The summed E-state index contributed by atoms with van der Waals surface area (Å²) in [7, 11) is 0. The van der Waals surface area contributed by atoms with Crippen molar-refractivity contribution in [2.45, 2.75) is 31.7 Å². The van der Waals surface area contributed by atoms with Gasteiger partial charge >= 0.3 is 5.97 Å². The lowest BCUT2D eigenvalue weighted by atomic mass is 9.95. The number of hydrogen-bond donors (Lipinski definition) is 2. The molecule has 1 aliphatic rings. The molecule has 0 radical (unpaired) electrons. The molecular weight excluding hydrogens is 166 g/mol. The highest BCUT2D eigenvalue weighted by molar-refractivity contribution is 5.85. The van der Waals surface area contributed by atoms with Crippen LogP contribution in [0.3, 0.4) is 0 Å². The first kappa shape index (κ1) is 10.7. The van der Waals surface area contributed by atoms with Gasteiger partial charge in [-0.05, 0) is 25.8 Å². The zero-order valence-corrected chi connectivity index (χ0v) is 7.41. The molecule has 0 spiro atoms. The maximum Gasteiger partial charge on any atom is 0.323 e. The second-order valence-corrected chi connectivity index (χ2v) is 2.77. The third-order valence-corrected chi connectivity index (χ3v) is 2.26. The number of hydrogen-bond acceptors (Lipinski definition) is 2. The van der Waals surface area contributed by atoms with Crippen LogP contribution in [0.25, 0.3) is 0 Å². The van der Waals surface area contributed by atoms with Crippen molar-refractivity contribution >= 4 is 18.4 Å². The molecule has 4 heteroatoms. The summed E-state index contributed by atoms with van der Waals surface area (Å²) >= 11 is 0. The summed E-state index contributed by atoms with van der Waals surface area (Å²) in [5.41, 5.74) is -0.597. The van der Waals surface area contributed by atoms with Gasteiger partial charge in [-0.15, -0.1) is 12.4 Å². The van der Waals surface area contributed by atoms with Crippen LogP contribution in [0, 0.1) is 0 Å². The van der Waals surface area contributed by atoms with Crippen molar-refractivity contribution in [3.8, 4) is 0 Å². The predicted octanol–water partition coefficient (Wildman–Crippen LogP) is 1.02. The van der Waals surface area contributed by atoms with Crippen LogP contribution >= 0.6 is 12.4 Å². The first-order valence-electron chi connectivity index (χ1n) is 3.70. The summed E-state index contributed by atoms with van der Waals surface area (Å²) in [6.07, 6.45) is 2.45. The Hall–Kier alpha value is -0.280. The van der Waals surface area contributed by atoms with E-state index in [0.717, 1.165) is 19.4 Å². The van der Waals surface area contributed by atoms with Crippen LogP contribution < -0.4 is 5.32 Å². The molecule has 1 unspecified atom stereocenters. The summed E-state index contributed by atoms with van der Waals surface area (Å²) in [6.45, 7) is 2.76. The highest BCUT2D eigenvalue weighted by Gasteiger charge is 2.38. The molecule has 0 bridgehead atoms. The maximum absolute atomic E-state index is 10.7.